The molecule has 1 saturated carbocycles. The first kappa shape index (κ1) is 12.1. The third-order valence-corrected chi connectivity index (χ3v) is 3.92. The Balaban J connectivity index is 1.63. The Morgan fingerprint density at radius 1 is 1.38 bits per heavy atom. The molecule has 2 nitrogen and oxygen atoms in total. The van der Waals surface area contributed by atoms with Gasteiger partial charge in [0, 0.05) is 25.7 Å². The molecule has 2 rings (SSSR count). The summed E-state index contributed by atoms with van der Waals surface area (Å²) in [6.07, 6.45) is 4.11. The molecule has 1 aliphatic heterocycles. The van der Waals surface area contributed by atoms with Gasteiger partial charge in [0.25, 0.3) is 0 Å². The minimum atomic E-state index is 0.804. The Kier molecular flexibility index (Phi) is 4.04. The SMILES string of the molecule is C=C(CNC1CC1)CN1CCC(C(C)C)C1. The van der Waals surface area contributed by atoms with E-state index in [1.165, 1.54) is 37.9 Å². The van der Waals surface area contributed by atoms with Gasteiger partial charge in [-0.15, -0.1) is 0 Å². The topological polar surface area (TPSA) is 15.3 Å². The molecule has 1 heterocycles. The number of hydrogen-bond donors (Lipinski definition) is 1. The summed E-state index contributed by atoms with van der Waals surface area (Å²) in [6.45, 7) is 13.5. The van der Waals surface area contributed by atoms with Gasteiger partial charge in [-0.3, -0.25) is 4.90 Å². The van der Waals surface area contributed by atoms with Crippen LogP contribution in [0.1, 0.15) is 33.1 Å². The van der Waals surface area contributed by atoms with Crippen molar-refractivity contribution in [3.8, 4) is 0 Å². The molecule has 0 aromatic heterocycles. The van der Waals surface area contributed by atoms with Gasteiger partial charge in [0.05, 0.1) is 0 Å². The van der Waals surface area contributed by atoms with Gasteiger partial charge >= 0.3 is 0 Å². The van der Waals surface area contributed by atoms with E-state index in [1.807, 2.05) is 0 Å². The van der Waals surface area contributed by atoms with Gasteiger partial charge in [0.15, 0.2) is 0 Å². The van der Waals surface area contributed by atoms with Crippen molar-refractivity contribution >= 4 is 0 Å². The number of nitrogens with one attached hydrogen (secondary N) is 1. The summed E-state index contributed by atoms with van der Waals surface area (Å²) in [7, 11) is 0. The zero-order valence-electron chi connectivity index (χ0n) is 10.8. The fourth-order valence-corrected chi connectivity index (χ4v) is 2.50. The van der Waals surface area contributed by atoms with Gasteiger partial charge in [-0.25, -0.2) is 0 Å². The minimum absolute atomic E-state index is 0.804. The molecular weight excluding hydrogens is 196 g/mol. The summed E-state index contributed by atoms with van der Waals surface area (Å²) in [6, 6.07) is 0.804. The molecule has 1 aliphatic carbocycles. The summed E-state index contributed by atoms with van der Waals surface area (Å²) in [4.78, 5) is 2.57. The van der Waals surface area contributed by atoms with E-state index < -0.39 is 0 Å². The Morgan fingerprint density at radius 3 is 2.69 bits per heavy atom. The highest BCUT2D eigenvalue weighted by molar-refractivity contribution is 5.02. The molecule has 0 spiro atoms. The van der Waals surface area contributed by atoms with Crippen LogP contribution in [0.2, 0.25) is 0 Å². The van der Waals surface area contributed by atoms with Crippen molar-refractivity contribution in [2.45, 2.75) is 39.2 Å². The van der Waals surface area contributed by atoms with Crippen LogP contribution in [0.3, 0.4) is 0 Å². The number of rotatable bonds is 6. The summed E-state index contributed by atoms with van der Waals surface area (Å²) in [5.74, 6) is 1.74. The van der Waals surface area contributed by atoms with Crippen LogP contribution in [-0.4, -0.2) is 37.1 Å². The van der Waals surface area contributed by atoms with Crippen LogP contribution < -0.4 is 5.32 Å². The monoisotopic (exact) mass is 222 g/mol. The molecule has 1 saturated heterocycles. The number of hydrogen-bond acceptors (Lipinski definition) is 2. The van der Waals surface area contributed by atoms with Crippen molar-refractivity contribution in [1.29, 1.82) is 0 Å². The maximum atomic E-state index is 4.18. The van der Waals surface area contributed by atoms with E-state index in [2.05, 4.69) is 30.6 Å². The maximum absolute atomic E-state index is 4.18. The van der Waals surface area contributed by atoms with Gasteiger partial charge in [0.2, 0.25) is 0 Å². The van der Waals surface area contributed by atoms with E-state index in [0.717, 1.165) is 31.0 Å². The Hall–Kier alpha value is -0.340. The lowest BCUT2D eigenvalue weighted by Gasteiger charge is -2.19. The van der Waals surface area contributed by atoms with Crippen LogP contribution in [0, 0.1) is 11.8 Å². The molecule has 2 heteroatoms. The standard InChI is InChI=1S/C14H26N2/c1-11(2)13-6-7-16(10-13)9-12(3)8-15-14-4-5-14/h11,13-15H,3-10H2,1-2H3. The van der Waals surface area contributed by atoms with Crippen molar-refractivity contribution in [1.82, 2.24) is 10.2 Å². The first-order chi connectivity index (χ1) is 7.65. The molecule has 0 radical (unpaired) electrons. The normalized spacial score (nSPS) is 26.6. The molecule has 0 aromatic carbocycles. The fourth-order valence-electron chi connectivity index (χ4n) is 2.50. The summed E-state index contributed by atoms with van der Waals surface area (Å²) in [5, 5.41) is 3.54. The Labute approximate surface area is 100 Å². The zero-order valence-corrected chi connectivity index (χ0v) is 10.8. The van der Waals surface area contributed by atoms with Gasteiger partial charge in [0.1, 0.15) is 0 Å². The van der Waals surface area contributed by atoms with Gasteiger partial charge in [-0.1, -0.05) is 20.4 Å². The van der Waals surface area contributed by atoms with Crippen molar-refractivity contribution in [2.75, 3.05) is 26.2 Å². The maximum Gasteiger partial charge on any atom is 0.0202 e. The van der Waals surface area contributed by atoms with Crippen molar-refractivity contribution in [2.24, 2.45) is 11.8 Å². The molecular formula is C14H26N2. The molecule has 1 N–H and O–H groups in total. The molecule has 1 atom stereocenters. The smallest absolute Gasteiger partial charge is 0.0202 e. The van der Waals surface area contributed by atoms with Gasteiger partial charge < -0.3 is 5.32 Å². The average molecular weight is 222 g/mol. The van der Waals surface area contributed by atoms with E-state index >= 15 is 0 Å². The molecule has 0 bridgehead atoms. The molecule has 0 aromatic rings. The highest BCUT2D eigenvalue weighted by Gasteiger charge is 2.25. The minimum Gasteiger partial charge on any atom is -0.310 e. The van der Waals surface area contributed by atoms with E-state index in [9.17, 15) is 0 Å². The fraction of sp³-hybridized carbons (Fsp3) is 0.857. The van der Waals surface area contributed by atoms with E-state index in [-0.39, 0.29) is 0 Å². The predicted molar refractivity (Wildman–Crippen MR) is 69.5 cm³/mol. The summed E-state index contributed by atoms with van der Waals surface area (Å²) < 4.78 is 0. The largest absolute Gasteiger partial charge is 0.310 e. The van der Waals surface area contributed by atoms with E-state index in [0.29, 0.717) is 0 Å². The lowest BCUT2D eigenvalue weighted by molar-refractivity contribution is 0.321. The number of nitrogens with zero attached hydrogens (tertiary/aromatic N) is 1. The lowest BCUT2D eigenvalue weighted by Crippen LogP contribution is -2.28. The van der Waals surface area contributed by atoms with Crippen LogP contribution in [0.15, 0.2) is 12.2 Å². The van der Waals surface area contributed by atoms with Crippen molar-refractivity contribution in [3.05, 3.63) is 12.2 Å². The van der Waals surface area contributed by atoms with Crippen molar-refractivity contribution in [3.63, 3.8) is 0 Å². The molecule has 2 fully saturated rings. The van der Waals surface area contributed by atoms with Crippen LogP contribution in [0.5, 0.6) is 0 Å². The highest BCUT2D eigenvalue weighted by Crippen LogP contribution is 2.24. The second-order valence-electron chi connectivity index (χ2n) is 5.93. The van der Waals surface area contributed by atoms with E-state index in [4.69, 9.17) is 0 Å². The van der Waals surface area contributed by atoms with Crippen LogP contribution in [-0.2, 0) is 0 Å². The average Bonchev–Trinajstić information content (AvgIpc) is 2.95. The summed E-state index contributed by atoms with van der Waals surface area (Å²) in [5.41, 5.74) is 1.36. The lowest BCUT2D eigenvalue weighted by atomic mass is 9.95. The first-order valence-corrected chi connectivity index (χ1v) is 6.77. The highest BCUT2D eigenvalue weighted by atomic mass is 15.1. The van der Waals surface area contributed by atoms with Gasteiger partial charge in [-0.2, -0.15) is 0 Å². The third kappa shape index (κ3) is 3.60. The molecule has 92 valence electrons. The molecule has 1 unspecified atom stereocenters. The molecule has 16 heavy (non-hydrogen) atoms. The second kappa shape index (κ2) is 5.33. The second-order valence-corrected chi connectivity index (χ2v) is 5.93. The zero-order chi connectivity index (χ0) is 11.5. The van der Waals surface area contributed by atoms with Gasteiger partial charge in [-0.05, 0) is 43.2 Å². The van der Waals surface area contributed by atoms with Crippen LogP contribution in [0.4, 0.5) is 0 Å². The quantitative estimate of drug-likeness (QED) is 0.694. The first-order valence-electron chi connectivity index (χ1n) is 6.77. The molecule has 0 amide bonds. The predicted octanol–water partition coefficient (Wildman–Crippen LogP) is 2.27. The summed E-state index contributed by atoms with van der Waals surface area (Å²) >= 11 is 0. The third-order valence-electron chi connectivity index (χ3n) is 3.92. The molecule has 2 aliphatic rings. The van der Waals surface area contributed by atoms with Crippen molar-refractivity contribution < 1.29 is 0 Å². The Bertz CT molecular complexity index is 243. The van der Waals surface area contributed by atoms with Crippen LogP contribution >= 0.6 is 0 Å². The van der Waals surface area contributed by atoms with Crippen LogP contribution in [0.25, 0.3) is 0 Å². The Morgan fingerprint density at radius 2 is 2.12 bits per heavy atom. The van der Waals surface area contributed by atoms with E-state index in [1.54, 1.807) is 0 Å². The number of likely N-dealkylation sites (tertiary alicyclic amines) is 1.